The van der Waals surface area contributed by atoms with Crippen molar-refractivity contribution < 1.29 is 4.74 Å². The summed E-state index contributed by atoms with van der Waals surface area (Å²) in [5.41, 5.74) is 3.82. The van der Waals surface area contributed by atoms with Crippen LogP contribution in [-0.4, -0.2) is 25.7 Å². The molecule has 0 fully saturated rings. The molecule has 0 spiro atoms. The summed E-state index contributed by atoms with van der Waals surface area (Å²) < 4.78 is 5.16. The quantitative estimate of drug-likeness (QED) is 0.911. The number of hydrogen-bond donors (Lipinski definition) is 1. The van der Waals surface area contributed by atoms with E-state index < -0.39 is 0 Å². The van der Waals surface area contributed by atoms with Crippen molar-refractivity contribution in [2.24, 2.45) is 0 Å². The number of pyridine rings is 1. The number of aromatic amines is 1. The molecule has 20 heavy (non-hydrogen) atoms. The first kappa shape index (κ1) is 12.8. The highest BCUT2D eigenvalue weighted by molar-refractivity contribution is 5.67. The maximum atomic E-state index is 12.2. The van der Waals surface area contributed by atoms with Crippen LogP contribution in [0.2, 0.25) is 0 Å². The predicted molar refractivity (Wildman–Crippen MR) is 80.6 cm³/mol. The predicted octanol–water partition coefficient (Wildman–Crippen LogP) is 2.43. The standard InChI is InChI=1S/C16H18N2O2/c1-18-9-3-4-13-15(18)10-14(17-16(13)19)11-5-7-12(20-2)8-6-11/h5-8,10H,3-4,9H2,1-2H3,(H,17,19). The Labute approximate surface area is 118 Å². The Balaban J connectivity index is 2.08. The van der Waals surface area contributed by atoms with Crippen molar-refractivity contribution in [3.63, 3.8) is 0 Å². The summed E-state index contributed by atoms with van der Waals surface area (Å²) >= 11 is 0. The number of aromatic nitrogens is 1. The van der Waals surface area contributed by atoms with Crippen LogP contribution in [-0.2, 0) is 6.42 Å². The van der Waals surface area contributed by atoms with E-state index in [1.165, 1.54) is 0 Å². The normalized spacial score (nSPS) is 14.0. The smallest absolute Gasteiger partial charge is 0.253 e. The van der Waals surface area contributed by atoms with Crippen LogP contribution in [0.5, 0.6) is 5.75 Å². The van der Waals surface area contributed by atoms with Gasteiger partial charge in [-0.15, -0.1) is 0 Å². The number of H-pyrrole nitrogens is 1. The van der Waals surface area contributed by atoms with Gasteiger partial charge in [0.1, 0.15) is 5.75 Å². The highest BCUT2D eigenvalue weighted by Crippen LogP contribution is 2.28. The minimum absolute atomic E-state index is 0.0277. The third kappa shape index (κ3) is 2.18. The van der Waals surface area contributed by atoms with Crippen molar-refractivity contribution in [1.82, 2.24) is 4.98 Å². The van der Waals surface area contributed by atoms with Crippen LogP contribution < -0.4 is 15.2 Å². The third-order valence-corrected chi connectivity index (χ3v) is 3.85. The molecule has 4 nitrogen and oxygen atoms in total. The zero-order valence-electron chi connectivity index (χ0n) is 11.8. The number of hydrogen-bond acceptors (Lipinski definition) is 3. The van der Waals surface area contributed by atoms with Crippen LogP contribution in [0, 0.1) is 0 Å². The molecule has 4 heteroatoms. The summed E-state index contributed by atoms with van der Waals surface area (Å²) in [6.45, 7) is 0.999. The van der Waals surface area contributed by atoms with Crippen LogP contribution in [0.15, 0.2) is 35.1 Å². The maximum absolute atomic E-state index is 12.2. The Morgan fingerprint density at radius 2 is 2.00 bits per heavy atom. The minimum atomic E-state index is 0.0277. The number of rotatable bonds is 2. The third-order valence-electron chi connectivity index (χ3n) is 3.85. The largest absolute Gasteiger partial charge is 0.497 e. The number of anilines is 1. The summed E-state index contributed by atoms with van der Waals surface area (Å²) in [5, 5.41) is 0. The monoisotopic (exact) mass is 270 g/mol. The number of benzene rings is 1. The zero-order chi connectivity index (χ0) is 14.1. The van der Waals surface area contributed by atoms with Gasteiger partial charge in [0, 0.05) is 24.8 Å². The molecule has 0 amide bonds. The maximum Gasteiger partial charge on any atom is 0.253 e. The van der Waals surface area contributed by atoms with E-state index in [2.05, 4.69) is 16.0 Å². The summed E-state index contributed by atoms with van der Waals surface area (Å²) in [4.78, 5) is 17.4. The van der Waals surface area contributed by atoms with Crippen molar-refractivity contribution in [2.75, 3.05) is 25.6 Å². The summed E-state index contributed by atoms with van der Waals surface area (Å²) in [6, 6.07) is 9.78. The van der Waals surface area contributed by atoms with Gasteiger partial charge in [-0.1, -0.05) is 0 Å². The fraction of sp³-hybridized carbons (Fsp3) is 0.312. The van der Waals surface area contributed by atoms with E-state index in [0.29, 0.717) is 0 Å². The van der Waals surface area contributed by atoms with Crippen molar-refractivity contribution in [2.45, 2.75) is 12.8 Å². The molecule has 0 bridgehead atoms. The molecule has 2 heterocycles. The molecule has 0 aliphatic carbocycles. The van der Waals surface area contributed by atoms with E-state index in [0.717, 1.165) is 47.6 Å². The van der Waals surface area contributed by atoms with Crippen molar-refractivity contribution in [3.05, 3.63) is 46.2 Å². The molecule has 2 aromatic rings. The Morgan fingerprint density at radius 3 is 2.70 bits per heavy atom. The number of fused-ring (bicyclic) bond motifs is 1. The molecule has 0 saturated carbocycles. The molecule has 0 unspecified atom stereocenters. The van der Waals surface area contributed by atoms with Gasteiger partial charge in [0.15, 0.2) is 0 Å². The van der Waals surface area contributed by atoms with Gasteiger partial charge in [-0.3, -0.25) is 4.79 Å². The summed E-state index contributed by atoms with van der Waals surface area (Å²) in [5.74, 6) is 0.811. The molecule has 3 rings (SSSR count). The van der Waals surface area contributed by atoms with Gasteiger partial charge in [-0.2, -0.15) is 0 Å². The molecule has 1 aromatic carbocycles. The first-order valence-corrected chi connectivity index (χ1v) is 6.81. The lowest BCUT2D eigenvalue weighted by Gasteiger charge is -2.27. The summed E-state index contributed by atoms with van der Waals surface area (Å²) in [7, 11) is 3.68. The molecule has 1 aliphatic heterocycles. The molecule has 1 N–H and O–H groups in total. The lowest BCUT2D eigenvalue weighted by atomic mass is 10.0. The van der Waals surface area contributed by atoms with Crippen LogP contribution >= 0.6 is 0 Å². The number of methoxy groups -OCH3 is 1. The lowest BCUT2D eigenvalue weighted by molar-refractivity contribution is 0.415. The number of nitrogens with one attached hydrogen (secondary N) is 1. The first-order valence-electron chi connectivity index (χ1n) is 6.81. The van der Waals surface area contributed by atoms with Gasteiger partial charge < -0.3 is 14.6 Å². The van der Waals surface area contributed by atoms with E-state index in [1.54, 1.807) is 7.11 Å². The van der Waals surface area contributed by atoms with E-state index in [4.69, 9.17) is 4.74 Å². The van der Waals surface area contributed by atoms with Gasteiger partial charge >= 0.3 is 0 Å². The van der Waals surface area contributed by atoms with Crippen LogP contribution in [0.4, 0.5) is 5.69 Å². The molecule has 104 valence electrons. The van der Waals surface area contributed by atoms with Crippen molar-refractivity contribution in [1.29, 1.82) is 0 Å². The Bertz CT molecular complexity index is 674. The number of ether oxygens (including phenoxy) is 1. The highest BCUT2D eigenvalue weighted by atomic mass is 16.5. The SMILES string of the molecule is COc1ccc(-c2cc3c(c(=O)[nH]2)CCCN3C)cc1. The molecule has 1 aliphatic rings. The second-order valence-electron chi connectivity index (χ2n) is 5.13. The van der Waals surface area contributed by atoms with E-state index in [-0.39, 0.29) is 5.56 Å². The van der Waals surface area contributed by atoms with Crippen LogP contribution in [0.3, 0.4) is 0 Å². The van der Waals surface area contributed by atoms with E-state index in [1.807, 2.05) is 31.3 Å². The average Bonchev–Trinajstić information content (AvgIpc) is 2.48. The van der Waals surface area contributed by atoms with Gasteiger partial charge in [0.25, 0.3) is 5.56 Å². The first-order chi connectivity index (χ1) is 9.69. The van der Waals surface area contributed by atoms with Crippen molar-refractivity contribution >= 4 is 5.69 Å². The lowest BCUT2D eigenvalue weighted by Crippen LogP contribution is -2.29. The molecular weight excluding hydrogens is 252 g/mol. The average molecular weight is 270 g/mol. The van der Waals surface area contributed by atoms with Gasteiger partial charge in [0.05, 0.1) is 12.8 Å². The van der Waals surface area contributed by atoms with Gasteiger partial charge in [-0.25, -0.2) is 0 Å². The fourth-order valence-corrected chi connectivity index (χ4v) is 2.70. The second-order valence-corrected chi connectivity index (χ2v) is 5.13. The Kier molecular flexibility index (Phi) is 3.22. The molecular formula is C16H18N2O2. The van der Waals surface area contributed by atoms with E-state index >= 15 is 0 Å². The van der Waals surface area contributed by atoms with Crippen LogP contribution in [0.1, 0.15) is 12.0 Å². The molecule has 0 saturated heterocycles. The van der Waals surface area contributed by atoms with E-state index in [9.17, 15) is 4.79 Å². The zero-order valence-corrected chi connectivity index (χ0v) is 11.8. The highest BCUT2D eigenvalue weighted by Gasteiger charge is 2.18. The Morgan fingerprint density at radius 1 is 1.25 bits per heavy atom. The number of nitrogens with zero attached hydrogens (tertiary/aromatic N) is 1. The fourth-order valence-electron chi connectivity index (χ4n) is 2.70. The molecule has 0 atom stereocenters. The summed E-state index contributed by atoms with van der Waals surface area (Å²) in [6.07, 6.45) is 1.90. The minimum Gasteiger partial charge on any atom is -0.497 e. The topological polar surface area (TPSA) is 45.3 Å². The van der Waals surface area contributed by atoms with Crippen LogP contribution in [0.25, 0.3) is 11.3 Å². The van der Waals surface area contributed by atoms with Crippen molar-refractivity contribution in [3.8, 4) is 17.0 Å². The molecule has 0 radical (unpaired) electrons. The Hall–Kier alpha value is -2.23. The van der Waals surface area contributed by atoms with Gasteiger partial charge in [-0.05, 0) is 48.7 Å². The molecule has 1 aromatic heterocycles. The van der Waals surface area contributed by atoms with Gasteiger partial charge in [0.2, 0.25) is 0 Å². The second kappa shape index (κ2) is 5.04.